The van der Waals surface area contributed by atoms with Gasteiger partial charge >= 0.3 is 0 Å². The summed E-state index contributed by atoms with van der Waals surface area (Å²) in [5.41, 5.74) is 7.66. The van der Waals surface area contributed by atoms with Crippen LogP contribution in [0.4, 0.5) is 11.5 Å². The first kappa shape index (κ1) is 11.9. The Morgan fingerprint density at radius 3 is 3.00 bits per heavy atom. The van der Waals surface area contributed by atoms with E-state index in [1.165, 1.54) is 5.69 Å². The average Bonchev–Trinajstić information content (AvgIpc) is 2.68. The highest BCUT2D eigenvalue weighted by Crippen LogP contribution is 2.19. The molecule has 2 aromatic heterocycles. The standard InChI is InChI=1S/C11H14BrN5/c1-17-9(3-5-16-17)2-4-14-11-10(13)6-8(12)7-15-11/h3,5-7H,2,4,13H2,1H3,(H,14,15). The van der Waals surface area contributed by atoms with Crippen LogP contribution in [0.3, 0.4) is 0 Å². The van der Waals surface area contributed by atoms with Crippen LogP contribution in [0.1, 0.15) is 5.69 Å². The number of hydrogen-bond donors (Lipinski definition) is 2. The molecule has 0 saturated carbocycles. The molecule has 2 aromatic rings. The maximum atomic E-state index is 5.84. The molecule has 0 aliphatic heterocycles. The quantitative estimate of drug-likeness (QED) is 0.903. The van der Waals surface area contributed by atoms with E-state index >= 15 is 0 Å². The van der Waals surface area contributed by atoms with Crippen molar-refractivity contribution < 1.29 is 0 Å². The molecule has 0 aliphatic rings. The molecule has 3 N–H and O–H groups in total. The molecule has 0 fully saturated rings. The lowest BCUT2D eigenvalue weighted by molar-refractivity contribution is 0.711. The molecule has 0 saturated heterocycles. The van der Waals surface area contributed by atoms with Crippen LogP contribution in [0, 0.1) is 0 Å². The summed E-state index contributed by atoms with van der Waals surface area (Å²) in [6.45, 7) is 0.776. The number of rotatable bonds is 4. The van der Waals surface area contributed by atoms with E-state index < -0.39 is 0 Å². The van der Waals surface area contributed by atoms with Crippen molar-refractivity contribution in [3.8, 4) is 0 Å². The molecular formula is C11H14BrN5. The van der Waals surface area contributed by atoms with Gasteiger partial charge in [0.15, 0.2) is 0 Å². The lowest BCUT2D eigenvalue weighted by Gasteiger charge is -2.08. The second kappa shape index (κ2) is 5.18. The zero-order valence-corrected chi connectivity index (χ0v) is 11.1. The first-order valence-corrected chi connectivity index (χ1v) is 6.08. The van der Waals surface area contributed by atoms with Gasteiger partial charge in [0, 0.05) is 42.6 Å². The molecule has 0 atom stereocenters. The van der Waals surface area contributed by atoms with Crippen LogP contribution in [0.2, 0.25) is 0 Å². The Labute approximate surface area is 108 Å². The van der Waals surface area contributed by atoms with E-state index in [1.54, 1.807) is 12.4 Å². The summed E-state index contributed by atoms with van der Waals surface area (Å²) < 4.78 is 2.74. The number of nitrogen functional groups attached to an aromatic ring is 1. The SMILES string of the molecule is Cn1nccc1CCNc1ncc(Br)cc1N. The minimum atomic E-state index is 0.643. The fourth-order valence-electron chi connectivity index (χ4n) is 1.56. The lowest BCUT2D eigenvalue weighted by atomic mass is 10.3. The van der Waals surface area contributed by atoms with Gasteiger partial charge in [0.1, 0.15) is 5.82 Å². The zero-order valence-electron chi connectivity index (χ0n) is 9.52. The zero-order chi connectivity index (χ0) is 12.3. The third-order valence-corrected chi connectivity index (χ3v) is 2.91. The van der Waals surface area contributed by atoms with Gasteiger partial charge in [-0.25, -0.2) is 4.98 Å². The van der Waals surface area contributed by atoms with Crippen LogP contribution in [0.5, 0.6) is 0 Å². The van der Waals surface area contributed by atoms with Crippen LogP contribution in [-0.2, 0) is 13.5 Å². The first-order valence-electron chi connectivity index (χ1n) is 5.28. The Balaban J connectivity index is 1.92. The summed E-state index contributed by atoms with van der Waals surface area (Å²) >= 11 is 3.32. The summed E-state index contributed by atoms with van der Waals surface area (Å²) in [5.74, 6) is 0.718. The molecule has 90 valence electrons. The third-order valence-electron chi connectivity index (χ3n) is 2.48. The number of aromatic nitrogens is 3. The Morgan fingerprint density at radius 1 is 1.53 bits per heavy atom. The topological polar surface area (TPSA) is 68.8 Å². The number of halogens is 1. The predicted octanol–water partition coefficient (Wildman–Crippen LogP) is 1.81. The number of pyridine rings is 1. The number of nitrogens with zero attached hydrogens (tertiary/aromatic N) is 3. The van der Waals surface area contributed by atoms with Gasteiger partial charge in [-0.3, -0.25) is 4.68 Å². The molecule has 17 heavy (non-hydrogen) atoms. The van der Waals surface area contributed by atoms with Crippen molar-refractivity contribution in [1.82, 2.24) is 14.8 Å². The molecule has 0 aromatic carbocycles. The van der Waals surface area contributed by atoms with Gasteiger partial charge < -0.3 is 11.1 Å². The minimum Gasteiger partial charge on any atom is -0.396 e. The highest BCUT2D eigenvalue weighted by atomic mass is 79.9. The van der Waals surface area contributed by atoms with Crippen LogP contribution in [0.25, 0.3) is 0 Å². The van der Waals surface area contributed by atoms with Gasteiger partial charge in [0.25, 0.3) is 0 Å². The Morgan fingerprint density at radius 2 is 2.35 bits per heavy atom. The molecule has 2 heterocycles. The second-order valence-corrected chi connectivity index (χ2v) is 4.63. The molecule has 6 heteroatoms. The molecule has 0 unspecified atom stereocenters. The normalized spacial score (nSPS) is 10.5. The number of anilines is 2. The Bertz CT molecular complexity index is 508. The Kier molecular flexibility index (Phi) is 3.63. The van der Waals surface area contributed by atoms with Crippen LogP contribution in [-0.4, -0.2) is 21.3 Å². The number of aryl methyl sites for hydroxylation is 1. The van der Waals surface area contributed by atoms with Crippen molar-refractivity contribution in [1.29, 1.82) is 0 Å². The highest BCUT2D eigenvalue weighted by Gasteiger charge is 2.02. The molecular weight excluding hydrogens is 282 g/mol. The molecule has 0 spiro atoms. The summed E-state index contributed by atoms with van der Waals surface area (Å²) in [6.07, 6.45) is 4.40. The fourth-order valence-corrected chi connectivity index (χ4v) is 1.91. The third kappa shape index (κ3) is 2.97. The molecule has 0 bridgehead atoms. The van der Waals surface area contributed by atoms with Crippen molar-refractivity contribution in [2.75, 3.05) is 17.6 Å². The van der Waals surface area contributed by atoms with Crippen molar-refractivity contribution in [2.24, 2.45) is 7.05 Å². The van der Waals surface area contributed by atoms with Crippen LogP contribution >= 0.6 is 15.9 Å². The van der Waals surface area contributed by atoms with E-state index in [1.807, 2.05) is 23.9 Å². The molecule has 0 amide bonds. The summed E-state index contributed by atoms with van der Waals surface area (Å²) in [7, 11) is 1.93. The first-order chi connectivity index (χ1) is 8.16. The van der Waals surface area contributed by atoms with E-state index in [-0.39, 0.29) is 0 Å². The van der Waals surface area contributed by atoms with Gasteiger partial charge in [0.2, 0.25) is 0 Å². The monoisotopic (exact) mass is 295 g/mol. The summed E-state index contributed by atoms with van der Waals surface area (Å²) in [6, 6.07) is 3.83. The maximum absolute atomic E-state index is 5.84. The smallest absolute Gasteiger partial charge is 0.149 e. The van der Waals surface area contributed by atoms with E-state index in [2.05, 4.69) is 31.3 Å². The fraction of sp³-hybridized carbons (Fsp3) is 0.273. The average molecular weight is 296 g/mol. The number of hydrogen-bond acceptors (Lipinski definition) is 4. The van der Waals surface area contributed by atoms with Crippen molar-refractivity contribution in [2.45, 2.75) is 6.42 Å². The maximum Gasteiger partial charge on any atom is 0.149 e. The molecule has 0 aliphatic carbocycles. The summed E-state index contributed by atoms with van der Waals surface area (Å²) in [4.78, 5) is 4.21. The van der Waals surface area contributed by atoms with E-state index in [9.17, 15) is 0 Å². The van der Waals surface area contributed by atoms with Gasteiger partial charge in [-0.1, -0.05) is 0 Å². The largest absolute Gasteiger partial charge is 0.396 e. The lowest BCUT2D eigenvalue weighted by Crippen LogP contribution is -2.10. The van der Waals surface area contributed by atoms with Crippen LogP contribution in [0.15, 0.2) is 29.0 Å². The summed E-state index contributed by atoms with van der Waals surface area (Å²) in [5, 5.41) is 7.32. The Hall–Kier alpha value is -1.56. The van der Waals surface area contributed by atoms with E-state index in [0.717, 1.165) is 23.3 Å². The highest BCUT2D eigenvalue weighted by molar-refractivity contribution is 9.10. The van der Waals surface area contributed by atoms with Gasteiger partial charge in [-0.05, 0) is 28.1 Å². The van der Waals surface area contributed by atoms with Gasteiger partial charge in [0.05, 0.1) is 5.69 Å². The van der Waals surface area contributed by atoms with Crippen molar-refractivity contribution in [3.05, 3.63) is 34.7 Å². The van der Waals surface area contributed by atoms with E-state index in [0.29, 0.717) is 5.69 Å². The van der Waals surface area contributed by atoms with Crippen molar-refractivity contribution >= 4 is 27.4 Å². The van der Waals surface area contributed by atoms with E-state index in [4.69, 9.17) is 5.73 Å². The molecule has 2 rings (SSSR count). The molecule has 5 nitrogen and oxygen atoms in total. The number of nitrogens with two attached hydrogens (primary N) is 1. The van der Waals surface area contributed by atoms with Crippen molar-refractivity contribution in [3.63, 3.8) is 0 Å². The predicted molar refractivity (Wildman–Crippen MR) is 71.8 cm³/mol. The second-order valence-electron chi connectivity index (χ2n) is 3.71. The minimum absolute atomic E-state index is 0.643. The van der Waals surface area contributed by atoms with Gasteiger partial charge in [-0.15, -0.1) is 0 Å². The molecule has 0 radical (unpaired) electrons. The number of nitrogens with one attached hydrogen (secondary N) is 1. The van der Waals surface area contributed by atoms with Gasteiger partial charge in [-0.2, -0.15) is 5.10 Å². The van der Waals surface area contributed by atoms with Crippen LogP contribution < -0.4 is 11.1 Å².